The van der Waals surface area contributed by atoms with E-state index < -0.39 is 0 Å². The lowest BCUT2D eigenvalue weighted by Gasteiger charge is -2.09. The Morgan fingerprint density at radius 1 is 1.17 bits per heavy atom. The summed E-state index contributed by atoms with van der Waals surface area (Å²) in [6, 6.07) is 5.98. The van der Waals surface area contributed by atoms with Gasteiger partial charge in [-0.25, -0.2) is 0 Å². The Labute approximate surface area is 108 Å². The summed E-state index contributed by atoms with van der Waals surface area (Å²) in [4.78, 5) is 0. The molecule has 0 fully saturated rings. The van der Waals surface area contributed by atoms with Crippen LogP contribution in [0.3, 0.4) is 0 Å². The van der Waals surface area contributed by atoms with Crippen molar-refractivity contribution in [1.29, 1.82) is 0 Å². The minimum atomic E-state index is -0.285. The molecule has 0 amide bonds. The average Bonchev–Trinajstić information content (AvgIpc) is 2.75. The highest BCUT2D eigenvalue weighted by Crippen LogP contribution is 2.33. The van der Waals surface area contributed by atoms with Crippen molar-refractivity contribution in [3.63, 3.8) is 0 Å². The molecule has 1 aromatic carbocycles. The van der Waals surface area contributed by atoms with Crippen molar-refractivity contribution in [3.8, 4) is 5.75 Å². The molecule has 2 N–H and O–H groups in total. The van der Waals surface area contributed by atoms with Gasteiger partial charge in [-0.3, -0.25) is 0 Å². The van der Waals surface area contributed by atoms with Crippen molar-refractivity contribution < 1.29 is 14.9 Å². The molecule has 0 saturated heterocycles. The summed E-state index contributed by atoms with van der Waals surface area (Å²) in [6.07, 6.45) is 5.58. The summed E-state index contributed by atoms with van der Waals surface area (Å²) < 4.78 is 5.70. The molecular weight excluding hydrogens is 228 g/mol. The molecule has 18 heavy (non-hydrogen) atoms. The first kappa shape index (κ1) is 13.4. The van der Waals surface area contributed by atoms with Crippen LogP contribution in [-0.4, -0.2) is 23.4 Å². The van der Waals surface area contributed by atoms with Crippen LogP contribution in [0.2, 0.25) is 0 Å². The Balaban J connectivity index is 1.74. The van der Waals surface area contributed by atoms with Gasteiger partial charge in [0.25, 0.3) is 0 Å². The first-order valence-electron chi connectivity index (χ1n) is 6.86. The smallest absolute Gasteiger partial charge is 0.119 e. The monoisotopic (exact) mass is 250 g/mol. The van der Waals surface area contributed by atoms with Crippen LogP contribution in [0, 0.1) is 0 Å². The fraction of sp³-hybridized carbons (Fsp3) is 0.600. The summed E-state index contributed by atoms with van der Waals surface area (Å²) in [5, 5.41) is 18.4. The van der Waals surface area contributed by atoms with Gasteiger partial charge < -0.3 is 14.9 Å². The van der Waals surface area contributed by atoms with Gasteiger partial charge in [-0.2, -0.15) is 0 Å². The van der Waals surface area contributed by atoms with Gasteiger partial charge in [-0.1, -0.05) is 12.5 Å². The zero-order chi connectivity index (χ0) is 12.8. The third-order valence-electron chi connectivity index (χ3n) is 3.48. The minimum Gasteiger partial charge on any atom is -0.494 e. The number of hydrogen-bond donors (Lipinski definition) is 2. The molecule has 1 aromatic rings. The molecular formula is C15H22O3. The van der Waals surface area contributed by atoms with Gasteiger partial charge >= 0.3 is 0 Å². The van der Waals surface area contributed by atoms with E-state index in [9.17, 15) is 5.11 Å². The molecule has 1 aliphatic rings. The Bertz CT molecular complexity index is 376. The first-order valence-corrected chi connectivity index (χ1v) is 6.86. The molecule has 0 unspecified atom stereocenters. The number of unbranched alkanes of at least 4 members (excludes halogenated alkanes) is 3. The van der Waals surface area contributed by atoms with E-state index in [1.54, 1.807) is 0 Å². The lowest BCUT2D eigenvalue weighted by atomic mass is 10.1. The Kier molecular flexibility index (Phi) is 5.02. The first-order chi connectivity index (χ1) is 8.81. The van der Waals surface area contributed by atoms with E-state index in [1.165, 1.54) is 5.56 Å². The normalized spacial score (nSPS) is 17.8. The number of aliphatic hydroxyl groups is 2. The van der Waals surface area contributed by atoms with Crippen molar-refractivity contribution in [1.82, 2.24) is 0 Å². The second-order valence-electron chi connectivity index (χ2n) is 4.90. The van der Waals surface area contributed by atoms with Crippen LogP contribution in [0.4, 0.5) is 0 Å². The molecule has 1 atom stereocenters. The van der Waals surface area contributed by atoms with Crippen LogP contribution in [0.25, 0.3) is 0 Å². The number of fused-ring (bicyclic) bond motifs is 1. The summed E-state index contributed by atoms with van der Waals surface area (Å²) in [5.74, 6) is 0.907. The molecule has 3 heteroatoms. The van der Waals surface area contributed by atoms with E-state index in [0.29, 0.717) is 0 Å². The van der Waals surface area contributed by atoms with E-state index in [4.69, 9.17) is 9.84 Å². The number of hydrogen-bond acceptors (Lipinski definition) is 3. The fourth-order valence-electron chi connectivity index (χ4n) is 2.42. The van der Waals surface area contributed by atoms with Gasteiger partial charge in [0.15, 0.2) is 0 Å². The van der Waals surface area contributed by atoms with Crippen molar-refractivity contribution in [2.24, 2.45) is 0 Å². The summed E-state index contributed by atoms with van der Waals surface area (Å²) >= 11 is 0. The van der Waals surface area contributed by atoms with E-state index in [1.807, 2.05) is 12.1 Å². The van der Waals surface area contributed by atoms with Crippen molar-refractivity contribution in [3.05, 3.63) is 29.3 Å². The van der Waals surface area contributed by atoms with Crippen LogP contribution in [-0.2, 0) is 6.42 Å². The molecule has 0 saturated carbocycles. The largest absolute Gasteiger partial charge is 0.494 e. The van der Waals surface area contributed by atoms with Gasteiger partial charge in [0.2, 0.25) is 0 Å². The van der Waals surface area contributed by atoms with Gasteiger partial charge in [-0.15, -0.1) is 0 Å². The molecule has 1 aliphatic carbocycles. The Morgan fingerprint density at radius 3 is 2.83 bits per heavy atom. The van der Waals surface area contributed by atoms with Crippen LogP contribution in [0.15, 0.2) is 18.2 Å². The third-order valence-corrected chi connectivity index (χ3v) is 3.48. The van der Waals surface area contributed by atoms with Gasteiger partial charge in [-0.05, 0) is 55.4 Å². The zero-order valence-electron chi connectivity index (χ0n) is 10.8. The minimum absolute atomic E-state index is 0.285. The van der Waals surface area contributed by atoms with Gasteiger partial charge in [0.05, 0.1) is 12.7 Å². The van der Waals surface area contributed by atoms with Crippen molar-refractivity contribution in [2.75, 3.05) is 13.2 Å². The third kappa shape index (κ3) is 3.47. The summed E-state index contributed by atoms with van der Waals surface area (Å²) in [5.41, 5.74) is 2.28. The number of rotatable bonds is 7. The molecule has 100 valence electrons. The molecule has 0 aliphatic heterocycles. The number of aryl methyl sites for hydroxylation is 1. The maximum Gasteiger partial charge on any atom is 0.119 e. The lowest BCUT2D eigenvalue weighted by Crippen LogP contribution is -1.98. The molecule has 0 spiro atoms. The number of ether oxygens (including phenoxy) is 1. The van der Waals surface area contributed by atoms with Gasteiger partial charge in [0.1, 0.15) is 5.75 Å². The SMILES string of the molecule is OCCCCCCOc1ccc2c(c1)CC[C@@H]2O. The summed E-state index contributed by atoms with van der Waals surface area (Å²) in [7, 11) is 0. The van der Waals surface area contributed by atoms with Crippen molar-refractivity contribution >= 4 is 0 Å². The standard InChI is InChI=1S/C15H22O3/c16-9-3-1-2-4-10-18-13-6-7-14-12(11-13)5-8-15(14)17/h6-7,11,15-17H,1-5,8-10H2/t15-/m0/s1. The lowest BCUT2D eigenvalue weighted by molar-refractivity contribution is 0.180. The zero-order valence-corrected chi connectivity index (χ0v) is 10.8. The number of aliphatic hydroxyl groups excluding tert-OH is 2. The Morgan fingerprint density at radius 2 is 2.00 bits per heavy atom. The average molecular weight is 250 g/mol. The maximum absolute atomic E-state index is 9.71. The highest BCUT2D eigenvalue weighted by atomic mass is 16.5. The van der Waals surface area contributed by atoms with Crippen LogP contribution in [0.5, 0.6) is 5.75 Å². The second-order valence-corrected chi connectivity index (χ2v) is 4.90. The van der Waals surface area contributed by atoms with Crippen LogP contribution in [0.1, 0.15) is 49.3 Å². The molecule has 0 radical (unpaired) electrons. The van der Waals surface area contributed by atoms with E-state index >= 15 is 0 Å². The topological polar surface area (TPSA) is 49.7 Å². The van der Waals surface area contributed by atoms with Crippen LogP contribution < -0.4 is 4.74 Å². The van der Waals surface area contributed by atoms with E-state index in [0.717, 1.165) is 56.4 Å². The highest BCUT2D eigenvalue weighted by Gasteiger charge is 2.20. The molecule has 0 bridgehead atoms. The number of benzene rings is 1. The molecule has 0 heterocycles. The predicted octanol–water partition coefficient (Wildman–Crippen LogP) is 2.60. The highest BCUT2D eigenvalue weighted by molar-refractivity contribution is 5.39. The van der Waals surface area contributed by atoms with Crippen LogP contribution >= 0.6 is 0 Å². The van der Waals surface area contributed by atoms with Gasteiger partial charge in [0, 0.05) is 6.61 Å². The fourth-order valence-corrected chi connectivity index (χ4v) is 2.42. The Hall–Kier alpha value is -1.06. The van der Waals surface area contributed by atoms with Crippen molar-refractivity contribution in [2.45, 2.75) is 44.6 Å². The predicted molar refractivity (Wildman–Crippen MR) is 70.8 cm³/mol. The summed E-state index contributed by atoms with van der Waals surface area (Å²) in [6.45, 7) is 1.01. The van der Waals surface area contributed by atoms with E-state index in [2.05, 4.69) is 6.07 Å². The maximum atomic E-state index is 9.71. The van der Waals surface area contributed by atoms with E-state index in [-0.39, 0.29) is 12.7 Å². The quantitative estimate of drug-likeness (QED) is 0.731. The molecule has 0 aromatic heterocycles. The molecule has 2 rings (SSSR count). The molecule has 3 nitrogen and oxygen atoms in total. The second kappa shape index (κ2) is 6.76.